The summed E-state index contributed by atoms with van der Waals surface area (Å²) in [5.74, 6) is -0.655. The van der Waals surface area contributed by atoms with E-state index in [0.29, 0.717) is 0 Å². The Hall–Kier alpha value is -0.680. The number of aliphatic hydroxyl groups excluding tert-OH is 1. The maximum absolute atomic E-state index is 11.7. The fourth-order valence-electron chi connectivity index (χ4n) is 0.817. The summed E-state index contributed by atoms with van der Waals surface area (Å²) in [6, 6.07) is 0. The number of nitrogens with two attached hydrogens (primary N) is 1. The number of nitrogens with zero attached hydrogens (tertiary/aromatic N) is 1. The van der Waals surface area contributed by atoms with Gasteiger partial charge in [-0.1, -0.05) is 12.2 Å². The van der Waals surface area contributed by atoms with Gasteiger partial charge in [0, 0.05) is 7.05 Å². The minimum atomic E-state index is -0.587. The smallest absolute Gasteiger partial charge is 0.232 e. The number of hydrogen-bond acceptors (Lipinski definition) is 3. The highest BCUT2D eigenvalue weighted by Gasteiger charge is 2.30. The molecule has 0 heterocycles. The maximum atomic E-state index is 11.7. The molecule has 0 rings (SSSR count). The number of rotatable bonds is 4. The molecule has 0 aromatic carbocycles. The zero-order valence-electron chi connectivity index (χ0n) is 9.07. The number of aliphatic hydroxyl groups is 1. The number of carbonyl (C=O) groups is 1. The van der Waals surface area contributed by atoms with Gasteiger partial charge in [-0.2, -0.15) is 0 Å². The summed E-state index contributed by atoms with van der Waals surface area (Å²) in [7, 11) is 1.63. The monoisotopic (exact) mass is 218 g/mol. The summed E-state index contributed by atoms with van der Waals surface area (Å²) in [6.45, 7) is 5.11. The molecule has 0 aromatic rings. The summed E-state index contributed by atoms with van der Waals surface area (Å²) >= 11 is 4.74. The molecule has 4 nitrogen and oxygen atoms in total. The molecule has 0 saturated carbocycles. The highest BCUT2D eigenvalue weighted by molar-refractivity contribution is 7.80. The summed E-state index contributed by atoms with van der Waals surface area (Å²) in [4.78, 5) is 13.4. The quantitative estimate of drug-likeness (QED) is 0.659. The van der Waals surface area contributed by atoms with Gasteiger partial charge in [-0.15, -0.1) is 0 Å². The normalized spacial score (nSPS) is 13.5. The van der Waals surface area contributed by atoms with Crippen molar-refractivity contribution in [3.8, 4) is 0 Å². The molecule has 0 aliphatic carbocycles. The molecule has 0 aliphatic rings. The second-order valence-corrected chi connectivity index (χ2v) is 4.46. The Bertz CT molecular complexity index is 241. The van der Waals surface area contributed by atoms with Crippen molar-refractivity contribution in [2.45, 2.75) is 26.3 Å². The molecule has 14 heavy (non-hydrogen) atoms. The predicted octanol–water partition coefficient (Wildman–Crippen LogP) is 0.138. The lowest BCUT2D eigenvalue weighted by Gasteiger charge is -2.35. The van der Waals surface area contributed by atoms with Crippen LogP contribution in [0, 0.1) is 5.92 Å². The Kier molecular flexibility index (Phi) is 4.48. The van der Waals surface area contributed by atoms with Crippen molar-refractivity contribution in [1.29, 1.82) is 0 Å². The van der Waals surface area contributed by atoms with Crippen molar-refractivity contribution in [2.24, 2.45) is 11.7 Å². The van der Waals surface area contributed by atoms with Gasteiger partial charge in [-0.3, -0.25) is 4.79 Å². The van der Waals surface area contributed by atoms with E-state index in [2.05, 4.69) is 0 Å². The number of carbonyl (C=O) groups excluding carboxylic acids is 1. The van der Waals surface area contributed by atoms with Crippen LogP contribution < -0.4 is 5.73 Å². The van der Waals surface area contributed by atoms with Gasteiger partial charge in [0.1, 0.15) is 0 Å². The maximum Gasteiger partial charge on any atom is 0.232 e. The van der Waals surface area contributed by atoms with E-state index in [1.807, 2.05) is 0 Å². The Labute approximate surface area is 90.1 Å². The molecule has 1 amide bonds. The van der Waals surface area contributed by atoms with Gasteiger partial charge in [-0.05, 0) is 20.8 Å². The van der Waals surface area contributed by atoms with Gasteiger partial charge in [0.25, 0.3) is 0 Å². The average Bonchev–Trinajstić information content (AvgIpc) is 2.14. The highest BCUT2D eigenvalue weighted by atomic mass is 32.1. The summed E-state index contributed by atoms with van der Waals surface area (Å²) in [6.07, 6.45) is 0. The zero-order valence-corrected chi connectivity index (χ0v) is 9.89. The minimum Gasteiger partial charge on any atom is -0.394 e. The van der Waals surface area contributed by atoms with Crippen molar-refractivity contribution in [2.75, 3.05) is 13.7 Å². The Morgan fingerprint density at radius 1 is 1.64 bits per heavy atom. The van der Waals surface area contributed by atoms with Crippen molar-refractivity contribution < 1.29 is 9.90 Å². The Morgan fingerprint density at radius 3 is 2.36 bits per heavy atom. The van der Waals surface area contributed by atoms with Crippen LogP contribution in [0.15, 0.2) is 0 Å². The lowest BCUT2D eigenvalue weighted by molar-refractivity contribution is -0.137. The van der Waals surface area contributed by atoms with Crippen LogP contribution in [0.1, 0.15) is 20.8 Å². The fraction of sp³-hybridized carbons (Fsp3) is 0.778. The summed E-state index contributed by atoms with van der Waals surface area (Å²) < 4.78 is 0. The van der Waals surface area contributed by atoms with E-state index < -0.39 is 11.5 Å². The lowest BCUT2D eigenvalue weighted by Crippen LogP contribution is -2.51. The molecule has 0 aromatic heterocycles. The van der Waals surface area contributed by atoms with Crippen molar-refractivity contribution in [3.05, 3.63) is 0 Å². The summed E-state index contributed by atoms with van der Waals surface area (Å²) in [5, 5.41) is 9.08. The van der Waals surface area contributed by atoms with E-state index in [4.69, 9.17) is 23.1 Å². The van der Waals surface area contributed by atoms with Crippen LogP contribution in [-0.2, 0) is 4.79 Å². The number of hydrogen-bond donors (Lipinski definition) is 2. The van der Waals surface area contributed by atoms with Crippen LogP contribution in [-0.4, -0.2) is 40.1 Å². The van der Waals surface area contributed by atoms with Crippen LogP contribution in [0.25, 0.3) is 0 Å². The molecule has 5 heteroatoms. The van der Waals surface area contributed by atoms with Crippen LogP contribution in [0.3, 0.4) is 0 Å². The molecule has 0 radical (unpaired) electrons. The first-order valence-corrected chi connectivity index (χ1v) is 4.82. The highest BCUT2D eigenvalue weighted by Crippen LogP contribution is 2.14. The van der Waals surface area contributed by atoms with E-state index in [9.17, 15) is 4.79 Å². The molecule has 3 N–H and O–H groups in total. The largest absolute Gasteiger partial charge is 0.394 e. The first-order chi connectivity index (χ1) is 6.24. The van der Waals surface area contributed by atoms with E-state index in [0.717, 1.165) is 0 Å². The van der Waals surface area contributed by atoms with Crippen LogP contribution >= 0.6 is 12.2 Å². The van der Waals surface area contributed by atoms with Crippen LogP contribution in [0.5, 0.6) is 0 Å². The molecule has 0 aliphatic heterocycles. The minimum absolute atomic E-state index is 0.0979. The SMILES string of the molecule is CC(C(=O)N(C)C(C)(C)CO)C(N)=S. The van der Waals surface area contributed by atoms with Gasteiger partial charge in [0.2, 0.25) is 5.91 Å². The number of thiocarbonyl (C=S) groups is 1. The van der Waals surface area contributed by atoms with E-state index in [-0.39, 0.29) is 17.5 Å². The van der Waals surface area contributed by atoms with E-state index >= 15 is 0 Å². The third-order valence-corrected chi connectivity index (χ3v) is 2.78. The fourth-order valence-corrected chi connectivity index (χ4v) is 0.917. The molecule has 1 atom stereocenters. The van der Waals surface area contributed by atoms with Gasteiger partial charge in [-0.25, -0.2) is 0 Å². The molecule has 0 bridgehead atoms. The van der Waals surface area contributed by atoms with Gasteiger partial charge >= 0.3 is 0 Å². The topological polar surface area (TPSA) is 66.6 Å². The van der Waals surface area contributed by atoms with Crippen LogP contribution in [0.4, 0.5) is 0 Å². The zero-order chi connectivity index (χ0) is 11.5. The lowest BCUT2D eigenvalue weighted by atomic mass is 10.0. The van der Waals surface area contributed by atoms with E-state index in [1.54, 1.807) is 27.8 Å². The molecule has 0 fully saturated rings. The molecular formula is C9H18N2O2S. The van der Waals surface area contributed by atoms with Crippen molar-refractivity contribution in [1.82, 2.24) is 4.90 Å². The molecular weight excluding hydrogens is 200 g/mol. The third-order valence-electron chi connectivity index (χ3n) is 2.42. The Morgan fingerprint density at radius 2 is 2.07 bits per heavy atom. The predicted molar refractivity (Wildman–Crippen MR) is 59.9 cm³/mol. The van der Waals surface area contributed by atoms with Crippen molar-refractivity contribution >= 4 is 23.1 Å². The second-order valence-electron chi connectivity index (χ2n) is 3.99. The number of amides is 1. The van der Waals surface area contributed by atoms with E-state index in [1.165, 1.54) is 4.90 Å². The second kappa shape index (κ2) is 4.70. The van der Waals surface area contributed by atoms with Gasteiger partial charge in [0.15, 0.2) is 0 Å². The third kappa shape index (κ3) is 2.92. The van der Waals surface area contributed by atoms with Gasteiger partial charge in [0.05, 0.1) is 23.1 Å². The first-order valence-electron chi connectivity index (χ1n) is 4.42. The van der Waals surface area contributed by atoms with Gasteiger partial charge < -0.3 is 15.7 Å². The number of likely N-dealkylation sites (N-methyl/N-ethyl adjacent to an activating group) is 1. The molecule has 0 saturated heterocycles. The van der Waals surface area contributed by atoms with Crippen molar-refractivity contribution in [3.63, 3.8) is 0 Å². The first kappa shape index (κ1) is 13.3. The molecule has 1 unspecified atom stereocenters. The molecule has 0 spiro atoms. The average molecular weight is 218 g/mol. The van der Waals surface area contributed by atoms with Crippen LogP contribution in [0.2, 0.25) is 0 Å². The Balaban J connectivity index is 4.63. The summed E-state index contributed by atoms with van der Waals surface area (Å²) in [5.41, 5.74) is 4.79. The molecule has 82 valence electrons. The standard InChI is InChI=1S/C9H18N2O2S/c1-6(7(10)14)8(13)11(4)9(2,3)5-12/h6,12H,5H2,1-4H3,(H2,10,14).